The Balaban J connectivity index is 0.000000231. The Morgan fingerprint density at radius 3 is 1.46 bits per heavy atom. The molecular weight excluding hydrogens is 713 g/mol. The lowest BCUT2D eigenvalue weighted by Crippen LogP contribution is -2.29. The van der Waals surface area contributed by atoms with Crippen LogP contribution in [0.15, 0.2) is 133 Å². The van der Waals surface area contributed by atoms with Crippen LogP contribution in [-0.2, 0) is 0 Å². The van der Waals surface area contributed by atoms with E-state index in [1.54, 1.807) is 56.2 Å². The largest absolute Gasteiger partial charge is 0.488 e. The quantitative estimate of drug-likeness (QED) is 0.0832. The summed E-state index contributed by atoms with van der Waals surface area (Å²) in [7, 11) is -1.66. The molecule has 0 saturated carbocycles. The van der Waals surface area contributed by atoms with E-state index in [1.165, 1.54) is 49.3 Å². The summed E-state index contributed by atoms with van der Waals surface area (Å²) in [6.07, 6.45) is 14.6. The predicted octanol–water partition coefficient (Wildman–Crippen LogP) is 4.29. The van der Waals surface area contributed by atoms with E-state index in [9.17, 15) is 20.2 Å². The SMILES string of the molecule is Brc1cncnc1.CCO.Nc1cccc(-c2cncnc2)c1.O=[N+]([O-])c1cccc(-c2cncnc2)c1.O=[N+]([O-])c1cccc(B(O)O)c1. The third-order valence-electron chi connectivity index (χ3n) is 5.64. The van der Waals surface area contributed by atoms with Crippen molar-refractivity contribution >= 4 is 45.6 Å². The average molecular weight is 744 g/mol. The molecule has 0 unspecified atom stereocenters. The van der Waals surface area contributed by atoms with Crippen molar-refractivity contribution in [2.24, 2.45) is 0 Å². The van der Waals surface area contributed by atoms with E-state index in [1.807, 2.05) is 24.3 Å². The van der Waals surface area contributed by atoms with Crippen LogP contribution in [-0.4, -0.2) is 68.6 Å². The molecule has 0 fully saturated rings. The van der Waals surface area contributed by atoms with Crippen molar-refractivity contribution in [1.29, 1.82) is 0 Å². The number of hydrogen-bond donors (Lipinski definition) is 4. The zero-order valence-corrected chi connectivity index (χ0v) is 28.0. The van der Waals surface area contributed by atoms with Gasteiger partial charge in [0.05, 0.1) is 14.3 Å². The molecule has 6 rings (SSSR count). The van der Waals surface area contributed by atoms with E-state index in [-0.39, 0.29) is 23.4 Å². The van der Waals surface area contributed by atoms with Crippen molar-refractivity contribution in [2.75, 3.05) is 12.3 Å². The van der Waals surface area contributed by atoms with Crippen LogP contribution >= 0.6 is 15.9 Å². The highest BCUT2D eigenvalue weighted by molar-refractivity contribution is 9.10. The molecule has 6 aromatic rings. The zero-order valence-electron chi connectivity index (χ0n) is 26.4. The summed E-state index contributed by atoms with van der Waals surface area (Å²) in [5, 5.41) is 45.7. The van der Waals surface area contributed by atoms with Crippen LogP contribution in [0.2, 0.25) is 0 Å². The lowest BCUT2D eigenvalue weighted by atomic mass is 9.80. The summed E-state index contributed by atoms with van der Waals surface area (Å²) in [6, 6.07) is 19.2. The van der Waals surface area contributed by atoms with Gasteiger partial charge in [0.15, 0.2) is 0 Å². The van der Waals surface area contributed by atoms with Crippen LogP contribution in [0.1, 0.15) is 6.92 Å². The molecule has 18 heteroatoms. The van der Waals surface area contributed by atoms with Crippen LogP contribution in [0.3, 0.4) is 0 Å². The number of aliphatic hydroxyl groups is 1. The minimum absolute atomic E-state index is 0.0661. The Kier molecular flexibility index (Phi) is 18.0. The maximum atomic E-state index is 10.6. The Hall–Kier alpha value is -6.08. The summed E-state index contributed by atoms with van der Waals surface area (Å²) < 4.78 is 0.912. The van der Waals surface area contributed by atoms with Gasteiger partial charge in [0.1, 0.15) is 19.0 Å². The third-order valence-corrected chi connectivity index (χ3v) is 6.05. The van der Waals surface area contributed by atoms with E-state index < -0.39 is 17.0 Å². The van der Waals surface area contributed by atoms with Gasteiger partial charge in [-0.2, -0.15) is 0 Å². The molecule has 16 nitrogen and oxygen atoms in total. The van der Waals surface area contributed by atoms with Crippen molar-refractivity contribution in [3.8, 4) is 22.3 Å². The second kappa shape index (κ2) is 22.5. The number of aliphatic hydroxyl groups excluding tert-OH is 1. The predicted molar refractivity (Wildman–Crippen MR) is 191 cm³/mol. The molecule has 0 amide bonds. The summed E-state index contributed by atoms with van der Waals surface area (Å²) in [5.41, 5.74) is 9.96. The molecular formula is C32H31BBrN9O7. The molecule has 3 aromatic carbocycles. The maximum absolute atomic E-state index is 10.6. The highest BCUT2D eigenvalue weighted by Crippen LogP contribution is 2.22. The van der Waals surface area contributed by atoms with Gasteiger partial charge >= 0.3 is 7.12 Å². The normalized spacial score (nSPS) is 9.38. The fraction of sp³-hybridized carbons (Fsp3) is 0.0625. The zero-order chi connectivity index (χ0) is 36.7. The van der Waals surface area contributed by atoms with Crippen LogP contribution in [0.5, 0.6) is 0 Å². The number of nitrogens with zero attached hydrogens (tertiary/aromatic N) is 8. The second-order valence-corrected chi connectivity index (χ2v) is 10.2. The number of non-ortho nitro benzene ring substituents is 2. The number of nitrogens with two attached hydrogens (primary N) is 1. The van der Waals surface area contributed by atoms with Crippen molar-refractivity contribution < 1.29 is 25.0 Å². The molecule has 5 N–H and O–H groups in total. The topological polar surface area (TPSA) is 250 Å². The fourth-order valence-electron chi connectivity index (χ4n) is 3.49. The molecule has 0 aliphatic heterocycles. The van der Waals surface area contributed by atoms with E-state index >= 15 is 0 Å². The van der Waals surface area contributed by atoms with Gasteiger partial charge in [0, 0.05) is 84.9 Å². The minimum atomic E-state index is -1.66. The molecule has 0 aliphatic carbocycles. The highest BCUT2D eigenvalue weighted by Gasteiger charge is 2.14. The van der Waals surface area contributed by atoms with Gasteiger partial charge < -0.3 is 20.9 Å². The summed E-state index contributed by atoms with van der Waals surface area (Å²) in [6.45, 7) is 1.93. The van der Waals surface area contributed by atoms with E-state index in [4.69, 9.17) is 20.9 Å². The second-order valence-electron chi connectivity index (χ2n) is 9.29. The molecule has 3 aromatic heterocycles. The first-order valence-electron chi connectivity index (χ1n) is 14.3. The van der Waals surface area contributed by atoms with Gasteiger partial charge in [-0.05, 0) is 51.6 Å². The summed E-state index contributed by atoms with van der Waals surface area (Å²) in [5.74, 6) is 0. The highest BCUT2D eigenvalue weighted by atomic mass is 79.9. The Labute approximate surface area is 295 Å². The van der Waals surface area contributed by atoms with Gasteiger partial charge in [0.25, 0.3) is 11.4 Å². The van der Waals surface area contributed by atoms with Crippen molar-refractivity contribution in [2.45, 2.75) is 6.92 Å². The fourth-order valence-corrected chi connectivity index (χ4v) is 3.73. The van der Waals surface area contributed by atoms with E-state index in [0.29, 0.717) is 0 Å². The smallest absolute Gasteiger partial charge is 0.423 e. The van der Waals surface area contributed by atoms with Crippen molar-refractivity contribution in [1.82, 2.24) is 29.9 Å². The lowest BCUT2D eigenvalue weighted by Gasteiger charge is -2.00. The van der Waals surface area contributed by atoms with E-state index in [0.717, 1.165) is 38.5 Å². The average Bonchev–Trinajstić information content (AvgIpc) is 3.14. The number of nitro groups is 2. The van der Waals surface area contributed by atoms with Crippen LogP contribution in [0.25, 0.3) is 22.3 Å². The van der Waals surface area contributed by atoms with Gasteiger partial charge in [-0.25, -0.2) is 29.9 Å². The van der Waals surface area contributed by atoms with Gasteiger partial charge in [-0.15, -0.1) is 0 Å². The molecule has 50 heavy (non-hydrogen) atoms. The third kappa shape index (κ3) is 15.2. The number of halogens is 1. The number of anilines is 1. The molecule has 0 aliphatic rings. The number of rotatable bonds is 5. The van der Waals surface area contributed by atoms with Crippen molar-refractivity contribution in [3.63, 3.8) is 0 Å². The molecule has 256 valence electrons. The van der Waals surface area contributed by atoms with E-state index in [2.05, 4.69) is 45.8 Å². The van der Waals surface area contributed by atoms with Crippen LogP contribution < -0.4 is 11.2 Å². The number of nitrogen functional groups attached to an aromatic ring is 1. The molecule has 0 spiro atoms. The number of aromatic nitrogens is 6. The number of hydrogen-bond acceptors (Lipinski definition) is 14. The first-order chi connectivity index (χ1) is 24.0. The van der Waals surface area contributed by atoms with Crippen molar-refractivity contribution in [3.05, 3.63) is 154 Å². The molecule has 0 bridgehead atoms. The Bertz CT molecular complexity index is 1880. The Morgan fingerprint density at radius 2 is 1.06 bits per heavy atom. The first-order valence-corrected chi connectivity index (χ1v) is 15.1. The monoisotopic (exact) mass is 743 g/mol. The lowest BCUT2D eigenvalue weighted by molar-refractivity contribution is -0.385. The first kappa shape index (κ1) is 40.1. The molecule has 0 saturated heterocycles. The summed E-state index contributed by atoms with van der Waals surface area (Å²) in [4.78, 5) is 42.8. The summed E-state index contributed by atoms with van der Waals surface area (Å²) >= 11 is 3.19. The van der Waals surface area contributed by atoms with Gasteiger partial charge in [-0.3, -0.25) is 20.2 Å². The molecule has 0 atom stereocenters. The van der Waals surface area contributed by atoms with Gasteiger partial charge in [-0.1, -0.05) is 36.4 Å². The molecule has 3 heterocycles. The van der Waals surface area contributed by atoms with Crippen LogP contribution in [0, 0.1) is 20.2 Å². The standard InChI is InChI=1S/C10H7N3O2.C10H9N3.C6H6BNO4.C4H3BrN2.C2H6O/c14-13(15)10-3-1-2-8(4-10)9-5-11-7-12-6-9;11-10-3-1-2-8(4-10)9-5-12-7-13-6-9;9-7(10)5-2-1-3-6(4-5)8(11)12;5-4-1-6-3-7-2-4;1-2-3/h1-7H;1-7H,11H2;1-4,9-10H;1-3H;3H,2H2,1H3. The Morgan fingerprint density at radius 1 is 0.660 bits per heavy atom. The number of benzene rings is 3. The number of nitro benzene ring substituents is 2. The van der Waals surface area contributed by atoms with Gasteiger partial charge in [0.2, 0.25) is 0 Å². The minimum Gasteiger partial charge on any atom is -0.423 e. The molecule has 0 radical (unpaired) electrons. The van der Waals surface area contributed by atoms with Crippen LogP contribution in [0.4, 0.5) is 17.1 Å². The maximum Gasteiger partial charge on any atom is 0.488 e.